The molecule has 1 rings (SSSR count). The highest BCUT2D eigenvalue weighted by molar-refractivity contribution is 6.74. The molecule has 0 radical (unpaired) electrons. The second kappa shape index (κ2) is 5.98. The van der Waals surface area contributed by atoms with Crippen molar-refractivity contribution in [1.29, 1.82) is 0 Å². The fourth-order valence-electron chi connectivity index (χ4n) is 2.19. The standard InChI is InChI=1S/C15H28O4Si/c1-14(2,3)20(5,6)19-9-7-8-15(11-16)10-12(15)13(17)18-4/h11-12H,7-10H2,1-6H3/t12-,15+/m0/s1. The van der Waals surface area contributed by atoms with Crippen molar-refractivity contribution in [3.63, 3.8) is 0 Å². The molecule has 0 aromatic rings. The number of esters is 1. The summed E-state index contributed by atoms with van der Waals surface area (Å²) in [7, 11) is -0.345. The van der Waals surface area contributed by atoms with Crippen LogP contribution < -0.4 is 0 Å². The number of carbonyl (C=O) groups excluding carboxylic acids is 2. The topological polar surface area (TPSA) is 52.6 Å². The van der Waals surface area contributed by atoms with Gasteiger partial charge < -0.3 is 14.0 Å². The monoisotopic (exact) mass is 300 g/mol. The average molecular weight is 300 g/mol. The molecule has 0 spiro atoms. The fourth-order valence-corrected chi connectivity index (χ4v) is 3.28. The molecule has 116 valence electrons. The van der Waals surface area contributed by atoms with Crippen molar-refractivity contribution in [2.75, 3.05) is 13.7 Å². The van der Waals surface area contributed by atoms with E-state index in [2.05, 4.69) is 33.9 Å². The normalized spacial score (nSPS) is 26.2. The quantitative estimate of drug-likeness (QED) is 0.314. The lowest BCUT2D eigenvalue weighted by Gasteiger charge is -2.36. The van der Waals surface area contributed by atoms with Crippen LogP contribution in [0.3, 0.4) is 0 Å². The average Bonchev–Trinajstić information content (AvgIpc) is 3.08. The third-order valence-electron chi connectivity index (χ3n) is 4.89. The van der Waals surface area contributed by atoms with Crippen LogP contribution >= 0.6 is 0 Å². The number of methoxy groups -OCH3 is 1. The highest BCUT2D eigenvalue weighted by Gasteiger charge is 2.58. The smallest absolute Gasteiger partial charge is 0.309 e. The SMILES string of the molecule is COC(=O)[C@@H]1C[C@@]1(C=O)CCCO[Si](C)(C)C(C)(C)C. The number of hydrogen-bond donors (Lipinski definition) is 0. The Kier molecular flexibility index (Phi) is 5.19. The first-order valence-electron chi connectivity index (χ1n) is 7.28. The van der Waals surface area contributed by atoms with E-state index in [0.29, 0.717) is 19.4 Å². The van der Waals surface area contributed by atoms with E-state index < -0.39 is 13.7 Å². The van der Waals surface area contributed by atoms with Gasteiger partial charge in [0.25, 0.3) is 0 Å². The van der Waals surface area contributed by atoms with Crippen molar-refractivity contribution in [2.45, 2.75) is 58.2 Å². The third-order valence-corrected chi connectivity index (χ3v) is 9.43. The summed E-state index contributed by atoms with van der Waals surface area (Å²) in [6.45, 7) is 11.7. The maximum Gasteiger partial charge on any atom is 0.309 e. The highest BCUT2D eigenvalue weighted by atomic mass is 28.4. The predicted octanol–water partition coefficient (Wildman–Crippen LogP) is 3.17. The molecular weight excluding hydrogens is 272 g/mol. The minimum absolute atomic E-state index is 0.198. The zero-order chi connectivity index (χ0) is 15.6. The van der Waals surface area contributed by atoms with E-state index in [1.807, 2.05) is 0 Å². The van der Waals surface area contributed by atoms with E-state index in [-0.39, 0.29) is 16.9 Å². The maximum absolute atomic E-state index is 11.5. The van der Waals surface area contributed by atoms with E-state index in [9.17, 15) is 9.59 Å². The summed E-state index contributed by atoms with van der Waals surface area (Å²) in [5.74, 6) is -0.500. The minimum Gasteiger partial charge on any atom is -0.469 e. The Morgan fingerprint density at radius 1 is 1.40 bits per heavy atom. The van der Waals surface area contributed by atoms with Crippen molar-refractivity contribution in [2.24, 2.45) is 11.3 Å². The van der Waals surface area contributed by atoms with Gasteiger partial charge in [-0.15, -0.1) is 0 Å². The number of rotatable bonds is 7. The Hall–Kier alpha value is -0.683. The predicted molar refractivity (Wildman–Crippen MR) is 81.0 cm³/mol. The molecule has 0 aromatic carbocycles. The third kappa shape index (κ3) is 3.70. The molecule has 4 nitrogen and oxygen atoms in total. The molecule has 1 aliphatic carbocycles. The van der Waals surface area contributed by atoms with Gasteiger partial charge in [0.1, 0.15) is 6.29 Å². The second-order valence-corrected chi connectivity index (χ2v) is 12.2. The van der Waals surface area contributed by atoms with Crippen molar-refractivity contribution in [3.8, 4) is 0 Å². The van der Waals surface area contributed by atoms with Gasteiger partial charge in [-0.05, 0) is 37.4 Å². The van der Waals surface area contributed by atoms with Crippen LogP contribution in [0.5, 0.6) is 0 Å². The van der Waals surface area contributed by atoms with Gasteiger partial charge in [-0.3, -0.25) is 4.79 Å². The first-order valence-corrected chi connectivity index (χ1v) is 10.2. The summed E-state index contributed by atoms with van der Waals surface area (Å²) in [6, 6.07) is 0. The number of carbonyl (C=O) groups is 2. The highest BCUT2D eigenvalue weighted by Crippen LogP contribution is 2.54. The van der Waals surface area contributed by atoms with E-state index in [4.69, 9.17) is 9.16 Å². The van der Waals surface area contributed by atoms with Crippen molar-refractivity contribution in [1.82, 2.24) is 0 Å². The summed E-state index contributed by atoms with van der Waals surface area (Å²) < 4.78 is 10.8. The first kappa shape index (κ1) is 17.4. The molecule has 1 saturated carbocycles. The lowest BCUT2D eigenvalue weighted by atomic mass is 9.99. The van der Waals surface area contributed by atoms with Crippen LogP contribution in [0.25, 0.3) is 0 Å². The molecule has 0 saturated heterocycles. The molecule has 1 fully saturated rings. The van der Waals surface area contributed by atoms with Crippen molar-refractivity contribution >= 4 is 20.6 Å². The molecule has 0 aromatic heterocycles. The van der Waals surface area contributed by atoms with E-state index in [1.165, 1.54) is 7.11 Å². The minimum atomic E-state index is -1.72. The van der Waals surface area contributed by atoms with Crippen molar-refractivity contribution in [3.05, 3.63) is 0 Å². The Bertz CT molecular complexity index is 373. The van der Waals surface area contributed by atoms with E-state index in [1.54, 1.807) is 0 Å². The van der Waals surface area contributed by atoms with Gasteiger partial charge in [0.2, 0.25) is 0 Å². The summed E-state index contributed by atoms with van der Waals surface area (Å²) >= 11 is 0. The van der Waals surface area contributed by atoms with Crippen LogP contribution in [0.15, 0.2) is 0 Å². The Morgan fingerprint density at radius 3 is 2.45 bits per heavy atom. The summed E-state index contributed by atoms with van der Waals surface area (Å²) in [5, 5.41) is 0.198. The van der Waals surface area contributed by atoms with Crippen LogP contribution in [0.2, 0.25) is 18.1 Å². The largest absolute Gasteiger partial charge is 0.469 e. The van der Waals surface area contributed by atoms with Crippen LogP contribution in [0.4, 0.5) is 0 Å². The van der Waals surface area contributed by atoms with E-state index >= 15 is 0 Å². The van der Waals surface area contributed by atoms with Crippen LogP contribution in [-0.2, 0) is 18.8 Å². The molecule has 1 aliphatic rings. The summed E-state index contributed by atoms with van der Waals surface area (Å²) in [4.78, 5) is 22.7. The van der Waals surface area contributed by atoms with Gasteiger partial charge in [0.15, 0.2) is 8.32 Å². The molecule has 0 N–H and O–H groups in total. The van der Waals surface area contributed by atoms with Crippen LogP contribution in [0, 0.1) is 11.3 Å². The van der Waals surface area contributed by atoms with Gasteiger partial charge in [-0.2, -0.15) is 0 Å². The fraction of sp³-hybridized carbons (Fsp3) is 0.867. The zero-order valence-corrected chi connectivity index (χ0v) is 14.6. The Labute approximate surface area is 123 Å². The number of ether oxygens (including phenoxy) is 1. The molecule has 0 unspecified atom stereocenters. The molecule has 20 heavy (non-hydrogen) atoms. The Balaban J connectivity index is 2.39. The number of aldehydes is 1. The summed E-state index contributed by atoms with van der Waals surface area (Å²) in [6.07, 6.45) is 3.09. The second-order valence-electron chi connectivity index (χ2n) is 7.34. The van der Waals surface area contributed by atoms with Gasteiger partial charge in [-0.1, -0.05) is 20.8 Å². The lowest BCUT2D eigenvalue weighted by Crippen LogP contribution is -2.41. The van der Waals surface area contributed by atoms with Gasteiger partial charge in [0.05, 0.1) is 13.0 Å². The molecular formula is C15H28O4Si. The number of hydrogen-bond acceptors (Lipinski definition) is 4. The van der Waals surface area contributed by atoms with E-state index in [0.717, 1.165) is 12.7 Å². The maximum atomic E-state index is 11.5. The molecule has 2 atom stereocenters. The van der Waals surface area contributed by atoms with Crippen LogP contribution in [0.1, 0.15) is 40.0 Å². The zero-order valence-electron chi connectivity index (χ0n) is 13.6. The molecule has 0 aliphatic heterocycles. The molecule has 5 heteroatoms. The molecule has 0 amide bonds. The Morgan fingerprint density at radius 2 is 2.00 bits per heavy atom. The molecule has 0 heterocycles. The first-order chi connectivity index (χ1) is 9.09. The van der Waals surface area contributed by atoms with Crippen molar-refractivity contribution < 1.29 is 18.8 Å². The van der Waals surface area contributed by atoms with Gasteiger partial charge >= 0.3 is 5.97 Å². The van der Waals surface area contributed by atoms with Gasteiger partial charge in [-0.25, -0.2) is 0 Å². The van der Waals surface area contributed by atoms with Crippen LogP contribution in [-0.4, -0.2) is 34.3 Å². The van der Waals surface area contributed by atoms with Gasteiger partial charge in [0, 0.05) is 12.0 Å². The lowest BCUT2D eigenvalue weighted by molar-refractivity contribution is -0.143. The molecule has 0 bridgehead atoms. The summed E-state index contributed by atoms with van der Waals surface area (Å²) in [5.41, 5.74) is -0.482.